The van der Waals surface area contributed by atoms with Crippen LogP contribution < -0.4 is 14.8 Å². The lowest BCUT2D eigenvalue weighted by Crippen LogP contribution is -2.23. The number of nitrogens with one attached hydrogen (secondary N) is 1. The molecule has 178 valence electrons. The van der Waals surface area contributed by atoms with Crippen molar-refractivity contribution >= 4 is 34.2 Å². The first-order chi connectivity index (χ1) is 15.9. The molecule has 0 saturated heterocycles. The van der Waals surface area contributed by atoms with Crippen molar-refractivity contribution in [1.82, 2.24) is 0 Å². The summed E-state index contributed by atoms with van der Waals surface area (Å²) in [4.78, 5) is 39.3. The molecule has 1 N–H and O–H groups in total. The number of methoxy groups -OCH3 is 2. The second kappa shape index (κ2) is 11.2. The number of amides is 1. The van der Waals surface area contributed by atoms with E-state index in [4.69, 9.17) is 18.9 Å². The molecule has 0 bridgehead atoms. The van der Waals surface area contributed by atoms with Crippen molar-refractivity contribution in [3.8, 4) is 11.5 Å². The highest BCUT2D eigenvalue weighted by molar-refractivity contribution is 7.17. The van der Waals surface area contributed by atoms with Crippen LogP contribution in [0.1, 0.15) is 59.0 Å². The summed E-state index contributed by atoms with van der Waals surface area (Å²) in [6, 6.07) is 5.23. The lowest BCUT2D eigenvalue weighted by atomic mass is 9.85. The minimum absolute atomic E-state index is 0.0410. The van der Waals surface area contributed by atoms with Gasteiger partial charge in [0, 0.05) is 16.5 Å². The fraction of sp³-hybridized carbons (Fsp3) is 0.458. The molecule has 0 saturated carbocycles. The normalized spacial score (nSPS) is 14.7. The van der Waals surface area contributed by atoms with Gasteiger partial charge >= 0.3 is 11.9 Å². The monoisotopic (exact) mass is 475 g/mol. The van der Waals surface area contributed by atoms with Crippen molar-refractivity contribution in [2.45, 2.75) is 45.4 Å². The van der Waals surface area contributed by atoms with Crippen LogP contribution in [0, 0.1) is 0 Å². The number of esters is 2. The third kappa shape index (κ3) is 5.47. The molecule has 3 rings (SSSR count). The van der Waals surface area contributed by atoms with E-state index in [9.17, 15) is 14.4 Å². The topological polar surface area (TPSA) is 100 Å². The minimum atomic E-state index is -0.552. The Morgan fingerprint density at radius 1 is 1.09 bits per heavy atom. The molecule has 1 heterocycles. The van der Waals surface area contributed by atoms with Crippen molar-refractivity contribution in [3.05, 3.63) is 39.8 Å². The third-order valence-corrected chi connectivity index (χ3v) is 6.60. The van der Waals surface area contributed by atoms with Crippen LogP contribution in [-0.2, 0) is 31.9 Å². The Morgan fingerprint density at radius 2 is 1.85 bits per heavy atom. The summed E-state index contributed by atoms with van der Waals surface area (Å²) >= 11 is 1.32. The summed E-state index contributed by atoms with van der Waals surface area (Å²) < 4.78 is 21.1. The van der Waals surface area contributed by atoms with Gasteiger partial charge in [-0.15, -0.1) is 11.3 Å². The molecular formula is C24H29NO7S. The molecule has 8 nitrogen and oxygen atoms in total. The molecule has 1 aromatic heterocycles. The zero-order valence-corrected chi connectivity index (χ0v) is 20.1. The number of benzene rings is 1. The van der Waals surface area contributed by atoms with E-state index in [1.165, 1.54) is 18.4 Å². The molecule has 0 fully saturated rings. The number of hydrogen-bond acceptors (Lipinski definition) is 8. The van der Waals surface area contributed by atoms with Gasteiger partial charge in [-0.05, 0) is 44.7 Å². The minimum Gasteiger partial charge on any atom is -0.497 e. The van der Waals surface area contributed by atoms with Gasteiger partial charge in [0.2, 0.25) is 5.91 Å². The van der Waals surface area contributed by atoms with Gasteiger partial charge in [0.15, 0.2) is 0 Å². The molecule has 33 heavy (non-hydrogen) atoms. The van der Waals surface area contributed by atoms with Gasteiger partial charge in [-0.25, -0.2) is 4.79 Å². The van der Waals surface area contributed by atoms with Crippen LogP contribution in [0.4, 0.5) is 5.00 Å². The second-order valence-electron chi connectivity index (χ2n) is 7.46. The van der Waals surface area contributed by atoms with Crippen molar-refractivity contribution in [3.63, 3.8) is 0 Å². The molecule has 2 aromatic rings. The van der Waals surface area contributed by atoms with Gasteiger partial charge in [0.25, 0.3) is 0 Å². The number of hydrogen-bond donors (Lipinski definition) is 1. The Kier molecular flexibility index (Phi) is 8.32. The zero-order valence-electron chi connectivity index (χ0n) is 19.3. The molecule has 1 aliphatic carbocycles. The predicted molar refractivity (Wildman–Crippen MR) is 124 cm³/mol. The summed E-state index contributed by atoms with van der Waals surface area (Å²) in [5, 5.41) is 3.26. The molecule has 1 unspecified atom stereocenters. The quantitative estimate of drug-likeness (QED) is 0.545. The van der Waals surface area contributed by atoms with Crippen LogP contribution in [0.5, 0.6) is 11.5 Å². The molecule has 1 aliphatic rings. The number of anilines is 1. The largest absolute Gasteiger partial charge is 0.497 e. The van der Waals surface area contributed by atoms with E-state index in [1.807, 2.05) is 0 Å². The number of aryl methyl sites for hydroxylation is 1. The molecular weight excluding hydrogens is 446 g/mol. The van der Waals surface area contributed by atoms with E-state index < -0.39 is 11.9 Å². The zero-order chi connectivity index (χ0) is 24.0. The van der Waals surface area contributed by atoms with E-state index in [1.54, 1.807) is 39.2 Å². The van der Waals surface area contributed by atoms with Crippen molar-refractivity contribution in [1.29, 1.82) is 0 Å². The first kappa shape index (κ1) is 24.6. The Morgan fingerprint density at radius 3 is 2.52 bits per heavy atom. The van der Waals surface area contributed by atoms with Crippen LogP contribution in [0.15, 0.2) is 18.2 Å². The molecule has 1 atom stereocenters. The van der Waals surface area contributed by atoms with Crippen LogP contribution in [0.25, 0.3) is 0 Å². The molecule has 0 spiro atoms. The first-order valence-electron chi connectivity index (χ1n) is 10.9. The summed E-state index contributed by atoms with van der Waals surface area (Å²) in [6.45, 7) is 3.91. The lowest BCUT2D eigenvalue weighted by Gasteiger charge is -2.22. The summed E-state index contributed by atoms with van der Waals surface area (Å²) in [5.41, 5.74) is 1.56. The maximum atomic E-state index is 12.9. The summed E-state index contributed by atoms with van der Waals surface area (Å²) in [5.74, 6) is -0.613. The van der Waals surface area contributed by atoms with E-state index in [2.05, 4.69) is 5.32 Å². The van der Waals surface area contributed by atoms with E-state index in [0.717, 1.165) is 17.7 Å². The third-order valence-electron chi connectivity index (χ3n) is 5.42. The van der Waals surface area contributed by atoms with Gasteiger partial charge < -0.3 is 24.3 Å². The molecule has 1 aromatic carbocycles. The molecule has 9 heteroatoms. The molecule has 1 amide bonds. The Labute approximate surface area is 197 Å². The highest BCUT2D eigenvalue weighted by atomic mass is 32.1. The van der Waals surface area contributed by atoms with Crippen LogP contribution in [0.2, 0.25) is 0 Å². The number of fused-ring (bicyclic) bond motifs is 1. The SMILES string of the molecule is CCOC(=O)c1c(NC(=O)Cc2ccc(OC)cc2OC)sc2c1C(C(=O)OCC)CCC2. The standard InChI is InChI=1S/C24H29NO7S/c1-5-31-23(27)16-8-7-9-18-20(16)21(24(28)32-6-2)22(33-18)25-19(26)12-14-10-11-15(29-3)13-17(14)30-4/h10-11,13,16H,5-9,12H2,1-4H3,(H,25,26). The predicted octanol–water partition coefficient (Wildman–Crippen LogP) is 4.11. The number of carbonyl (C=O) groups is 3. The van der Waals surface area contributed by atoms with Crippen molar-refractivity contribution in [2.75, 3.05) is 32.8 Å². The fourth-order valence-electron chi connectivity index (χ4n) is 3.97. The Bertz CT molecular complexity index is 1030. The Balaban J connectivity index is 1.92. The average Bonchev–Trinajstić information content (AvgIpc) is 3.17. The van der Waals surface area contributed by atoms with Crippen molar-refractivity contribution in [2.24, 2.45) is 0 Å². The van der Waals surface area contributed by atoms with Crippen LogP contribution >= 0.6 is 11.3 Å². The van der Waals surface area contributed by atoms with Gasteiger partial charge in [0.05, 0.1) is 45.3 Å². The highest BCUT2D eigenvalue weighted by Gasteiger charge is 2.36. The van der Waals surface area contributed by atoms with E-state index in [-0.39, 0.29) is 37.1 Å². The first-order valence-corrected chi connectivity index (χ1v) is 11.7. The summed E-state index contributed by atoms with van der Waals surface area (Å²) in [6.07, 6.45) is 2.16. The van der Waals surface area contributed by atoms with Crippen molar-refractivity contribution < 1.29 is 33.3 Å². The number of thiophene rings is 1. The average molecular weight is 476 g/mol. The molecule has 0 radical (unpaired) electrons. The summed E-state index contributed by atoms with van der Waals surface area (Å²) in [7, 11) is 3.08. The van der Waals surface area contributed by atoms with Gasteiger partial charge in [-0.3, -0.25) is 9.59 Å². The maximum absolute atomic E-state index is 12.9. The van der Waals surface area contributed by atoms with Gasteiger partial charge in [-0.2, -0.15) is 0 Å². The van der Waals surface area contributed by atoms with Crippen LogP contribution in [-0.4, -0.2) is 45.3 Å². The van der Waals surface area contributed by atoms with Crippen LogP contribution in [0.3, 0.4) is 0 Å². The van der Waals surface area contributed by atoms with E-state index in [0.29, 0.717) is 34.0 Å². The highest BCUT2D eigenvalue weighted by Crippen LogP contribution is 2.44. The number of ether oxygens (including phenoxy) is 4. The van der Waals surface area contributed by atoms with E-state index >= 15 is 0 Å². The Hall–Kier alpha value is -3.07. The maximum Gasteiger partial charge on any atom is 0.341 e. The molecule has 0 aliphatic heterocycles. The fourth-order valence-corrected chi connectivity index (χ4v) is 5.28. The van der Waals surface area contributed by atoms with Gasteiger partial charge in [-0.1, -0.05) is 6.07 Å². The smallest absolute Gasteiger partial charge is 0.341 e. The second-order valence-corrected chi connectivity index (χ2v) is 8.57. The number of carbonyl (C=O) groups excluding carboxylic acids is 3. The lowest BCUT2D eigenvalue weighted by molar-refractivity contribution is -0.145. The number of rotatable bonds is 9. The van der Waals surface area contributed by atoms with Gasteiger partial charge in [0.1, 0.15) is 16.5 Å².